The first-order valence-electron chi connectivity index (χ1n) is 4.69. The van der Waals surface area contributed by atoms with E-state index >= 15 is 0 Å². The maximum absolute atomic E-state index is 12.7. The molecule has 16 heavy (non-hydrogen) atoms. The van der Waals surface area contributed by atoms with Crippen molar-refractivity contribution in [3.63, 3.8) is 0 Å². The molecule has 0 bridgehead atoms. The average molecular weight is 229 g/mol. The van der Waals surface area contributed by atoms with Crippen molar-refractivity contribution in [2.24, 2.45) is 0 Å². The third kappa shape index (κ3) is 1.67. The minimum atomic E-state index is -4.40. The van der Waals surface area contributed by atoms with E-state index in [0.717, 1.165) is 6.07 Å². The highest BCUT2D eigenvalue weighted by atomic mass is 19.4. The lowest BCUT2D eigenvalue weighted by atomic mass is 9.97. The van der Waals surface area contributed by atoms with Crippen LogP contribution < -0.4 is 0 Å². The molecule has 1 heterocycles. The number of benzene rings is 1. The monoisotopic (exact) mass is 229 g/mol. The molecule has 5 heteroatoms. The quantitative estimate of drug-likeness (QED) is 0.739. The Kier molecular flexibility index (Phi) is 2.42. The first-order chi connectivity index (χ1) is 7.41. The van der Waals surface area contributed by atoms with E-state index in [1.54, 1.807) is 7.05 Å². The molecule has 0 spiro atoms. The van der Waals surface area contributed by atoms with E-state index in [-0.39, 0.29) is 11.1 Å². The van der Waals surface area contributed by atoms with Crippen LogP contribution in [0.25, 0.3) is 6.08 Å². The molecule has 0 saturated heterocycles. The summed E-state index contributed by atoms with van der Waals surface area (Å²) in [6.07, 6.45) is -2.62. The fourth-order valence-corrected chi connectivity index (χ4v) is 1.73. The summed E-state index contributed by atoms with van der Waals surface area (Å²) in [5.74, 6) is 0. The van der Waals surface area contributed by atoms with Crippen LogP contribution in [-0.4, -0.2) is 17.1 Å². The number of aliphatic hydroxyl groups excluding tert-OH is 1. The van der Waals surface area contributed by atoms with Gasteiger partial charge in [0.15, 0.2) is 6.23 Å². The second kappa shape index (κ2) is 3.52. The molecule has 1 aliphatic rings. The molecule has 2 nitrogen and oxygen atoms in total. The molecular formula is C11H10F3NO. The molecule has 0 saturated carbocycles. The molecule has 86 valence electrons. The molecular weight excluding hydrogens is 219 g/mol. The lowest BCUT2D eigenvalue weighted by Gasteiger charge is -2.28. The summed E-state index contributed by atoms with van der Waals surface area (Å²) < 4.78 is 38.0. The van der Waals surface area contributed by atoms with Crippen LogP contribution in [0.4, 0.5) is 13.2 Å². The van der Waals surface area contributed by atoms with E-state index in [9.17, 15) is 18.3 Å². The molecule has 1 atom stereocenters. The van der Waals surface area contributed by atoms with Crippen molar-refractivity contribution in [1.29, 1.82) is 0 Å². The molecule has 0 radical (unpaired) electrons. The van der Waals surface area contributed by atoms with Gasteiger partial charge in [-0.05, 0) is 17.7 Å². The normalized spacial score (nSPS) is 19.8. The fraction of sp³-hybridized carbons (Fsp3) is 0.273. The second-order valence-corrected chi connectivity index (χ2v) is 3.66. The zero-order chi connectivity index (χ0) is 11.9. The molecule has 1 unspecified atom stereocenters. The zero-order valence-corrected chi connectivity index (χ0v) is 8.49. The Bertz CT molecular complexity index is 439. The molecule has 0 aliphatic carbocycles. The molecule has 1 aliphatic heterocycles. The molecule has 1 aromatic rings. The summed E-state index contributed by atoms with van der Waals surface area (Å²) in [5, 5.41) is 9.73. The van der Waals surface area contributed by atoms with Gasteiger partial charge >= 0.3 is 6.18 Å². The van der Waals surface area contributed by atoms with Crippen LogP contribution in [-0.2, 0) is 6.18 Å². The van der Waals surface area contributed by atoms with E-state index in [2.05, 4.69) is 0 Å². The number of aliphatic hydroxyl groups is 1. The van der Waals surface area contributed by atoms with Gasteiger partial charge in [-0.2, -0.15) is 13.2 Å². The van der Waals surface area contributed by atoms with Crippen LogP contribution in [0, 0.1) is 0 Å². The van der Waals surface area contributed by atoms with Crippen molar-refractivity contribution in [1.82, 2.24) is 4.90 Å². The van der Waals surface area contributed by atoms with Gasteiger partial charge in [0, 0.05) is 18.8 Å². The van der Waals surface area contributed by atoms with Crippen molar-refractivity contribution < 1.29 is 18.3 Å². The fourth-order valence-electron chi connectivity index (χ4n) is 1.73. The number of alkyl halides is 3. The van der Waals surface area contributed by atoms with Gasteiger partial charge in [0.25, 0.3) is 0 Å². The second-order valence-electron chi connectivity index (χ2n) is 3.66. The number of halogens is 3. The highest BCUT2D eigenvalue weighted by Crippen LogP contribution is 2.37. The van der Waals surface area contributed by atoms with Crippen LogP contribution in [0.2, 0.25) is 0 Å². The summed E-state index contributed by atoms with van der Waals surface area (Å²) in [7, 11) is 1.60. The number of fused-ring (bicyclic) bond motifs is 1. The third-order valence-electron chi connectivity index (χ3n) is 2.59. The van der Waals surface area contributed by atoms with Gasteiger partial charge in [-0.3, -0.25) is 0 Å². The van der Waals surface area contributed by atoms with E-state index in [0.29, 0.717) is 0 Å². The first-order valence-corrected chi connectivity index (χ1v) is 4.69. The van der Waals surface area contributed by atoms with Gasteiger partial charge in [0.05, 0.1) is 5.56 Å². The first kappa shape index (κ1) is 11.0. The smallest absolute Gasteiger partial charge is 0.369 e. The predicted molar refractivity (Wildman–Crippen MR) is 53.2 cm³/mol. The Morgan fingerprint density at radius 2 is 2.00 bits per heavy atom. The zero-order valence-electron chi connectivity index (χ0n) is 8.49. The topological polar surface area (TPSA) is 23.5 Å². The van der Waals surface area contributed by atoms with Gasteiger partial charge in [-0.25, -0.2) is 0 Å². The van der Waals surface area contributed by atoms with Gasteiger partial charge in [-0.1, -0.05) is 12.1 Å². The Hall–Kier alpha value is -1.49. The molecule has 1 N–H and O–H groups in total. The highest BCUT2D eigenvalue weighted by molar-refractivity contribution is 5.61. The van der Waals surface area contributed by atoms with E-state index in [4.69, 9.17) is 0 Å². The van der Waals surface area contributed by atoms with Gasteiger partial charge in [0.2, 0.25) is 0 Å². The van der Waals surface area contributed by atoms with Crippen LogP contribution in [0.5, 0.6) is 0 Å². The lowest BCUT2D eigenvalue weighted by Crippen LogP contribution is -2.23. The van der Waals surface area contributed by atoms with Crippen molar-refractivity contribution in [3.8, 4) is 0 Å². The van der Waals surface area contributed by atoms with E-state index in [1.165, 1.54) is 29.3 Å². The Morgan fingerprint density at radius 3 is 2.62 bits per heavy atom. The average Bonchev–Trinajstić information content (AvgIpc) is 2.21. The van der Waals surface area contributed by atoms with Crippen LogP contribution in [0.1, 0.15) is 22.9 Å². The van der Waals surface area contributed by atoms with Gasteiger partial charge in [0.1, 0.15) is 0 Å². The number of hydrogen-bond acceptors (Lipinski definition) is 2. The van der Waals surface area contributed by atoms with Crippen LogP contribution >= 0.6 is 0 Å². The summed E-state index contributed by atoms with van der Waals surface area (Å²) in [6, 6.07) is 3.81. The van der Waals surface area contributed by atoms with Crippen molar-refractivity contribution in [3.05, 3.63) is 41.1 Å². The van der Waals surface area contributed by atoms with Gasteiger partial charge in [-0.15, -0.1) is 0 Å². The molecule has 0 fully saturated rings. The SMILES string of the molecule is CN1C=Cc2c(cccc2C(F)(F)F)C1O. The number of nitrogens with zero attached hydrogens (tertiary/aromatic N) is 1. The van der Waals surface area contributed by atoms with E-state index in [1.807, 2.05) is 0 Å². The standard InChI is InChI=1S/C11H10F3NO/c1-15-6-5-7-8(10(15)16)3-2-4-9(7)11(12,13)14/h2-6,10,16H,1H3. The lowest BCUT2D eigenvalue weighted by molar-refractivity contribution is -0.137. The molecule has 2 rings (SSSR count). The summed E-state index contributed by atoms with van der Waals surface area (Å²) in [5.41, 5.74) is -0.395. The van der Waals surface area contributed by atoms with Crippen molar-refractivity contribution >= 4 is 6.08 Å². The highest BCUT2D eigenvalue weighted by Gasteiger charge is 2.35. The third-order valence-corrected chi connectivity index (χ3v) is 2.59. The van der Waals surface area contributed by atoms with Crippen molar-refractivity contribution in [2.45, 2.75) is 12.4 Å². The summed E-state index contributed by atoms with van der Waals surface area (Å²) in [6.45, 7) is 0. The number of rotatable bonds is 0. The predicted octanol–water partition coefficient (Wildman–Crippen LogP) is 2.61. The maximum atomic E-state index is 12.7. The maximum Gasteiger partial charge on any atom is 0.416 e. The Labute approximate surface area is 90.6 Å². The summed E-state index contributed by atoms with van der Waals surface area (Å²) >= 11 is 0. The van der Waals surface area contributed by atoms with Crippen LogP contribution in [0.3, 0.4) is 0 Å². The van der Waals surface area contributed by atoms with Crippen LogP contribution in [0.15, 0.2) is 24.4 Å². The van der Waals surface area contributed by atoms with Gasteiger partial charge < -0.3 is 10.0 Å². The minimum absolute atomic E-state index is 0.0422. The Balaban J connectivity index is 2.60. The minimum Gasteiger partial charge on any atom is -0.369 e. The molecule has 0 amide bonds. The van der Waals surface area contributed by atoms with E-state index < -0.39 is 18.0 Å². The van der Waals surface area contributed by atoms with Crippen molar-refractivity contribution in [2.75, 3.05) is 7.05 Å². The Morgan fingerprint density at radius 1 is 1.31 bits per heavy atom. The summed E-state index contributed by atoms with van der Waals surface area (Å²) in [4.78, 5) is 1.45. The molecule has 1 aromatic carbocycles. The number of hydrogen-bond donors (Lipinski definition) is 1. The largest absolute Gasteiger partial charge is 0.416 e. The molecule has 0 aromatic heterocycles.